The molecule has 2 aromatic rings. The van der Waals surface area contributed by atoms with Crippen LogP contribution in [0.25, 0.3) is 10.1 Å². The number of amides is 1. The Kier molecular flexibility index (Phi) is 3.52. The first-order valence-electron chi connectivity index (χ1n) is 7.02. The van der Waals surface area contributed by atoms with Gasteiger partial charge < -0.3 is 10.4 Å². The number of nitrogens with one attached hydrogen (secondary N) is 1. The molecule has 3 nitrogen and oxygen atoms in total. The summed E-state index contributed by atoms with van der Waals surface area (Å²) in [6.45, 7) is 2.90. The lowest BCUT2D eigenvalue weighted by Crippen LogP contribution is -2.30. The zero-order chi connectivity index (χ0) is 14.2. The van der Waals surface area contributed by atoms with E-state index in [1.165, 1.54) is 5.39 Å². The maximum atomic E-state index is 12.4. The van der Waals surface area contributed by atoms with Gasteiger partial charge >= 0.3 is 0 Å². The molecule has 0 unspecified atom stereocenters. The van der Waals surface area contributed by atoms with Crippen molar-refractivity contribution in [3.63, 3.8) is 0 Å². The van der Waals surface area contributed by atoms with Gasteiger partial charge in [-0.25, -0.2) is 0 Å². The van der Waals surface area contributed by atoms with Gasteiger partial charge in [-0.2, -0.15) is 0 Å². The van der Waals surface area contributed by atoms with Gasteiger partial charge in [0.2, 0.25) is 0 Å². The SMILES string of the molecule is Cc1c(C(=O)NCC2(CCO)CC2)sc2ccccc12. The molecule has 1 aromatic carbocycles. The fourth-order valence-corrected chi connectivity index (χ4v) is 3.79. The van der Waals surface area contributed by atoms with Crippen molar-refractivity contribution in [3.05, 3.63) is 34.7 Å². The van der Waals surface area contributed by atoms with Crippen LogP contribution in [0.15, 0.2) is 24.3 Å². The van der Waals surface area contributed by atoms with Crippen LogP contribution in [0.1, 0.15) is 34.5 Å². The molecule has 0 aliphatic heterocycles. The van der Waals surface area contributed by atoms with E-state index in [9.17, 15) is 4.79 Å². The largest absolute Gasteiger partial charge is 0.396 e. The van der Waals surface area contributed by atoms with Crippen LogP contribution in [0.3, 0.4) is 0 Å². The molecule has 1 amide bonds. The Labute approximate surface area is 122 Å². The van der Waals surface area contributed by atoms with Gasteiger partial charge in [-0.1, -0.05) is 18.2 Å². The topological polar surface area (TPSA) is 49.3 Å². The molecule has 0 spiro atoms. The Morgan fingerprint density at radius 3 is 2.80 bits per heavy atom. The summed E-state index contributed by atoms with van der Waals surface area (Å²) in [5, 5.41) is 13.3. The molecule has 3 rings (SSSR count). The van der Waals surface area contributed by atoms with Crippen molar-refractivity contribution in [3.8, 4) is 0 Å². The average molecular weight is 289 g/mol. The lowest BCUT2D eigenvalue weighted by Gasteiger charge is -2.14. The Balaban J connectivity index is 1.74. The second-order valence-electron chi connectivity index (χ2n) is 5.71. The fourth-order valence-electron chi connectivity index (χ4n) is 2.67. The summed E-state index contributed by atoms with van der Waals surface area (Å²) in [5.41, 5.74) is 1.23. The number of aliphatic hydroxyl groups excluding tert-OH is 1. The van der Waals surface area contributed by atoms with Gasteiger partial charge in [-0.3, -0.25) is 4.79 Å². The van der Waals surface area contributed by atoms with E-state index < -0.39 is 0 Å². The molecule has 20 heavy (non-hydrogen) atoms. The van der Waals surface area contributed by atoms with E-state index >= 15 is 0 Å². The predicted octanol–water partition coefficient (Wildman–Crippen LogP) is 3.10. The van der Waals surface area contributed by atoms with Gasteiger partial charge in [0.1, 0.15) is 0 Å². The maximum absolute atomic E-state index is 12.4. The summed E-state index contributed by atoms with van der Waals surface area (Å²) in [4.78, 5) is 13.2. The molecule has 0 atom stereocenters. The lowest BCUT2D eigenvalue weighted by molar-refractivity contribution is 0.0944. The molecular weight excluding hydrogens is 270 g/mol. The predicted molar refractivity (Wildman–Crippen MR) is 82.3 cm³/mol. The molecule has 1 aliphatic carbocycles. The smallest absolute Gasteiger partial charge is 0.261 e. The van der Waals surface area contributed by atoms with Crippen LogP contribution < -0.4 is 5.32 Å². The summed E-state index contributed by atoms with van der Waals surface area (Å²) >= 11 is 1.55. The average Bonchev–Trinajstić information content (AvgIpc) is 3.14. The van der Waals surface area contributed by atoms with Crippen molar-refractivity contribution in [1.82, 2.24) is 5.32 Å². The van der Waals surface area contributed by atoms with E-state index in [2.05, 4.69) is 17.4 Å². The second kappa shape index (κ2) is 5.19. The van der Waals surface area contributed by atoms with E-state index in [1.54, 1.807) is 11.3 Å². The highest BCUT2D eigenvalue weighted by atomic mass is 32.1. The second-order valence-corrected chi connectivity index (χ2v) is 6.76. The van der Waals surface area contributed by atoms with Crippen LogP contribution in [-0.4, -0.2) is 24.2 Å². The highest BCUT2D eigenvalue weighted by Gasteiger charge is 2.42. The third-order valence-electron chi connectivity index (χ3n) is 4.27. The van der Waals surface area contributed by atoms with Gasteiger partial charge in [-0.05, 0) is 48.6 Å². The molecule has 1 aliphatic rings. The van der Waals surface area contributed by atoms with Crippen molar-refractivity contribution in [1.29, 1.82) is 0 Å². The molecule has 1 heterocycles. The third-order valence-corrected chi connectivity index (χ3v) is 5.54. The lowest BCUT2D eigenvalue weighted by atomic mass is 10.0. The first kappa shape index (κ1) is 13.6. The monoisotopic (exact) mass is 289 g/mol. The van der Waals surface area contributed by atoms with E-state index in [0.29, 0.717) is 6.54 Å². The van der Waals surface area contributed by atoms with Crippen molar-refractivity contribution in [2.75, 3.05) is 13.2 Å². The molecular formula is C16H19NO2S. The summed E-state index contributed by atoms with van der Waals surface area (Å²) in [7, 11) is 0. The molecule has 1 saturated carbocycles. The van der Waals surface area contributed by atoms with Crippen molar-refractivity contribution in [2.45, 2.75) is 26.2 Å². The fraction of sp³-hybridized carbons (Fsp3) is 0.438. The van der Waals surface area contributed by atoms with E-state index in [0.717, 1.165) is 34.4 Å². The Hall–Kier alpha value is -1.39. The molecule has 2 N–H and O–H groups in total. The number of benzene rings is 1. The van der Waals surface area contributed by atoms with E-state index in [-0.39, 0.29) is 17.9 Å². The molecule has 0 bridgehead atoms. The summed E-state index contributed by atoms with van der Waals surface area (Å²) < 4.78 is 1.16. The van der Waals surface area contributed by atoms with Crippen LogP contribution in [0.5, 0.6) is 0 Å². The van der Waals surface area contributed by atoms with Crippen molar-refractivity contribution in [2.24, 2.45) is 5.41 Å². The molecule has 106 valence electrons. The highest BCUT2D eigenvalue weighted by molar-refractivity contribution is 7.21. The van der Waals surface area contributed by atoms with Crippen LogP contribution in [0, 0.1) is 12.3 Å². The Morgan fingerprint density at radius 1 is 1.40 bits per heavy atom. The summed E-state index contributed by atoms with van der Waals surface area (Å²) in [6.07, 6.45) is 3.01. The number of carbonyl (C=O) groups is 1. The molecule has 1 fully saturated rings. The van der Waals surface area contributed by atoms with Crippen LogP contribution in [-0.2, 0) is 0 Å². The number of carbonyl (C=O) groups excluding carboxylic acids is 1. The third kappa shape index (κ3) is 2.45. The summed E-state index contributed by atoms with van der Waals surface area (Å²) in [5.74, 6) is 0.0212. The first-order valence-corrected chi connectivity index (χ1v) is 7.84. The Bertz CT molecular complexity index is 643. The zero-order valence-electron chi connectivity index (χ0n) is 11.6. The van der Waals surface area contributed by atoms with Crippen LogP contribution in [0.2, 0.25) is 0 Å². The number of rotatable bonds is 5. The van der Waals surface area contributed by atoms with Crippen LogP contribution >= 0.6 is 11.3 Å². The van der Waals surface area contributed by atoms with Crippen molar-refractivity contribution < 1.29 is 9.90 Å². The zero-order valence-corrected chi connectivity index (χ0v) is 12.4. The van der Waals surface area contributed by atoms with Gasteiger partial charge in [0.25, 0.3) is 5.91 Å². The standard InChI is InChI=1S/C16H19NO2S/c1-11-12-4-2-3-5-13(12)20-14(11)15(19)17-10-16(6-7-16)8-9-18/h2-5,18H,6-10H2,1H3,(H,17,19). The summed E-state index contributed by atoms with van der Waals surface area (Å²) in [6, 6.07) is 8.12. The quantitative estimate of drug-likeness (QED) is 0.888. The molecule has 4 heteroatoms. The molecule has 0 saturated heterocycles. The minimum Gasteiger partial charge on any atom is -0.396 e. The minimum atomic E-state index is 0.0212. The van der Waals surface area contributed by atoms with Gasteiger partial charge in [0.15, 0.2) is 0 Å². The Morgan fingerprint density at radius 2 is 2.15 bits per heavy atom. The maximum Gasteiger partial charge on any atom is 0.261 e. The van der Waals surface area contributed by atoms with Gasteiger partial charge in [-0.15, -0.1) is 11.3 Å². The molecule has 0 radical (unpaired) electrons. The first-order chi connectivity index (χ1) is 9.65. The van der Waals surface area contributed by atoms with Crippen LogP contribution in [0.4, 0.5) is 0 Å². The van der Waals surface area contributed by atoms with E-state index in [4.69, 9.17) is 5.11 Å². The number of aryl methyl sites for hydroxylation is 1. The highest BCUT2D eigenvalue weighted by Crippen LogP contribution is 2.48. The van der Waals surface area contributed by atoms with E-state index in [1.807, 2.05) is 19.1 Å². The number of aliphatic hydroxyl groups is 1. The van der Waals surface area contributed by atoms with Crippen molar-refractivity contribution >= 4 is 27.3 Å². The number of hydrogen-bond donors (Lipinski definition) is 2. The number of hydrogen-bond acceptors (Lipinski definition) is 3. The number of fused-ring (bicyclic) bond motifs is 1. The normalized spacial score (nSPS) is 16.3. The van der Waals surface area contributed by atoms with Gasteiger partial charge in [0.05, 0.1) is 4.88 Å². The molecule has 1 aromatic heterocycles. The van der Waals surface area contributed by atoms with Gasteiger partial charge in [0, 0.05) is 17.9 Å². The minimum absolute atomic E-state index is 0.0212. The number of thiophene rings is 1.